The number of nitrogens with zero attached hydrogens (tertiary/aromatic N) is 3. The standard InChI is InChI=1S/C21H23ClN5O8P/c1-13-34-16(8-28)17(35-13)10-33-36(30,32-9-14-3-2-4-15(22)7-14)12-31-6-5-27-11-24-18-19(27)25-21(23)26-20(18)29/h2-4,7,11,28H,1,5-6,8-10,12H2,(H3,23,25,26,29). The average Bonchev–Trinajstić information content (AvgIpc) is 3.42. The fraction of sp³-hybridized carbons (Fsp3) is 0.286. The Morgan fingerprint density at radius 3 is 2.81 bits per heavy atom. The highest BCUT2D eigenvalue weighted by Crippen LogP contribution is 2.49. The van der Waals surface area contributed by atoms with Gasteiger partial charge in [0, 0.05) is 11.6 Å². The lowest BCUT2D eigenvalue weighted by molar-refractivity contribution is 0.114. The molecule has 4 rings (SSSR count). The van der Waals surface area contributed by atoms with Crippen LogP contribution in [0.5, 0.6) is 0 Å². The number of hydrogen-bond donors (Lipinski definition) is 3. The van der Waals surface area contributed by atoms with Gasteiger partial charge in [-0.1, -0.05) is 23.7 Å². The summed E-state index contributed by atoms with van der Waals surface area (Å²) in [6, 6.07) is 6.86. The summed E-state index contributed by atoms with van der Waals surface area (Å²) in [5, 5.41) is 9.89. The molecule has 4 N–H and O–H groups in total. The fourth-order valence-corrected chi connectivity index (χ4v) is 4.63. The topological polar surface area (TPSA) is 173 Å². The van der Waals surface area contributed by atoms with Crippen LogP contribution in [0.15, 0.2) is 59.4 Å². The van der Waals surface area contributed by atoms with E-state index in [2.05, 4.69) is 21.5 Å². The highest BCUT2D eigenvalue weighted by molar-refractivity contribution is 7.53. The van der Waals surface area contributed by atoms with Gasteiger partial charge in [0.1, 0.15) is 19.6 Å². The molecule has 1 aromatic carbocycles. The van der Waals surface area contributed by atoms with E-state index in [0.29, 0.717) is 16.2 Å². The van der Waals surface area contributed by atoms with Gasteiger partial charge in [0.25, 0.3) is 11.5 Å². The Bertz CT molecular complexity index is 1400. The molecule has 3 heterocycles. The van der Waals surface area contributed by atoms with Gasteiger partial charge in [0.15, 0.2) is 22.7 Å². The molecule has 0 amide bonds. The van der Waals surface area contributed by atoms with Gasteiger partial charge in [-0.25, -0.2) is 4.98 Å². The summed E-state index contributed by atoms with van der Waals surface area (Å²) in [4.78, 5) is 22.4. The van der Waals surface area contributed by atoms with Crippen LogP contribution in [-0.2, 0) is 41.0 Å². The molecule has 0 bridgehead atoms. The molecule has 1 aliphatic rings. The van der Waals surface area contributed by atoms with Crippen LogP contribution in [0.25, 0.3) is 11.2 Å². The maximum atomic E-state index is 13.5. The summed E-state index contributed by atoms with van der Waals surface area (Å²) in [7, 11) is -3.84. The molecule has 0 spiro atoms. The zero-order valence-electron chi connectivity index (χ0n) is 18.9. The lowest BCUT2D eigenvalue weighted by atomic mass is 10.2. The second kappa shape index (κ2) is 11.2. The summed E-state index contributed by atoms with van der Waals surface area (Å²) in [5.41, 5.74) is 6.25. The van der Waals surface area contributed by atoms with Crippen molar-refractivity contribution in [2.45, 2.75) is 13.2 Å². The molecule has 192 valence electrons. The number of H-pyrrole nitrogens is 1. The Morgan fingerprint density at radius 1 is 1.25 bits per heavy atom. The molecule has 0 radical (unpaired) electrons. The molecule has 0 saturated carbocycles. The first-order valence-corrected chi connectivity index (χ1v) is 12.7. The molecule has 36 heavy (non-hydrogen) atoms. The molecule has 0 aliphatic carbocycles. The van der Waals surface area contributed by atoms with Crippen molar-refractivity contribution in [2.24, 2.45) is 0 Å². The number of aromatic nitrogens is 4. The third-order valence-corrected chi connectivity index (χ3v) is 6.64. The smallest absolute Gasteiger partial charge is 0.356 e. The second-order valence-corrected chi connectivity index (χ2v) is 9.90. The van der Waals surface area contributed by atoms with Crippen LogP contribution in [0.1, 0.15) is 5.56 Å². The predicted molar refractivity (Wildman–Crippen MR) is 129 cm³/mol. The molecule has 1 aliphatic heterocycles. The van der Waals surface area contributed by atoms with Crippen molar-refractivity contribution >= 4 is 36.3 Å². The van der Waals surface area contributed by atoms with E-state index in [1.54, 1.807) is 28.8 Å². The SMILES string of the molecule is C=C1OC(CO)=C(COP(=O)(COCCn2cnc3c(=O)[nH]c(N)nc32)OCc2cccc(Cl)c2)O1. The van der Waals surface area contributed by atoms with Crippen LogP contribution >= 0.6 is 19.2 Å². The highest BCUT2D eigenvalue weighted by atomic mass is 35.5. The molecular formula is C21H23ClN5O8P. The minimum absolute atomic E-state index is 0.0378. The van der Waals surface area contributed by atoms with Crippen molar-refractivity contribution in [2.75, 3.05) is 31.9 Å². The van der Waals surface area contributed by atoms with Gasteiger partial charge in [0.2, 0.25) is 5.95 Å². The summed E-state index contributed by atoms with van der Waals surface area (Å²) < 4.78 is 42.2. The van der Waals surface area contributed by atoms with E-state index in [-0.39, 0.29) is 55.3 Å². The average molecular weight is 540 g/mol. The normalized spacial score (nSPS) is 15.2. The summed E-state index contributed by atoms with van der Waals surface area (Å²) in [6.07, 6.45) is 1.02. The number of aromatic amines is 1. The largest absolute Gasteiger partial charge is 0.425 e. The van der Waals surface area contributed by atoms with Crippen molar-refractivity contribution < 1.29 is 32.9 Å². The molecule has 1 unspecified atom stereocenters. The van der Waals surface area contributed by atoms with Gasteiger partial charge in [-0.05, 0) is 24.3 Å². The summed E-state index contributed by atoms with van der Waals surface area (Å²) >= 11 is 6.01. The van der Waals surface area contributed by atoms with Crippen LogP contribution in [0.2, 0.25) is 5.02 Å². The number of ether oxygens (including phenoxy) is 3. The monoisotopic (exact) mass is 539 g/mol. The Labute approximate surface area is 209 Å². The van der Waals surface area contributed by atoms with E-state index in [4.69, 9.17) is 40.6 Å². The van der Waals surface area contributed by atoms with E-state index in [0.717, 1.165) is 0 Å². The quantitative estimate of drug-likeness (QED) is 0.228. The fourth-order valence-electron chi connectivity index (χ4n) is 3.18. The lowest BCUT2D eigenvalue weighted by Gasteiger charge is -2.19. The van der Waals surface area contributed by atoms with Crippen molar-refractivity contribution in [3.05, 3.63) is 75.6 Å². The van der Waals surface area contributed by atoms with Crippen molar-refractivity contribution in [3.8, 4) is 0 Å². The molecule has 13 nitrogen and oxygen atoms in total. The third-order valence-electron chi connectivity index (χ3n) is 4.86. The zero-order chi connectivity index (χ0) is 25.7. The number of nitrogens with two attached hydrogens (primary N) is 1. The van der Waals surface area contributed by atoms with Crippen LogP contribution in [-0.4, -0.2) is 50.8 Å². The Kier molecular flexibility index (Phi) is 8.09. The number of nitrogens with one attached hydrogen (secondary N) is 1. The van der Waals surface area contributed by atoms with Crippen molar-refractivity contribution in [3.63, 3.8) is 0 Å². The molecule has 2 aromatic heterocycles. The molecule has 0 saturated heterocycles. The van der Waals surface area contributed by atoms with Crippen LogP contribution in [0.3, 0.4) is 0 Å². The van der Waals surface area contributed by atoms with Crippen LogP contribution in [0.4, 0.5) is 5.95 Å². The first-order valence-electron chi connectivity index (χ1n) is 10.5. The minimum atomic E-state index is -3.84. The van der Waals surface area contributed by atoms with Gasteiger partial charge < -0.3 is 34.1 Å². The maximum Gasteiger partial charge on any atom is 0.356 e. The Morgan fingerprint density at radius 2 is 2.03 bits per heavy atom. The zero-order valence-corrected chi connectivity index (χ0v) is 20.5. The molecule has 3 aromatic rings. The van der Waals surface area contributed by atoms with Crippen LogP contribution in [0, 0.1) is 0 Å². The van der Waals surface area contributed by atoms with E-state index in [1.165, 1.54) is 6.33 Å². The van der Waals surface area contributed by atoms with Gasteiger partial charge in [-0.3, -0.25) is 18.9 Å². The van der Waals surface area contributed by atoms with E-state index in [1.807, 2.05) is 0 Å². The van der Waals surface area contributed by atoms with Crippen molar-refractivity contribution in [1.82, 2.24) is 19.5 Å². The highest BCUT2D eigenvalue weighted by Gasteiger charge is 2.29. The van der Waals surface area contributed by atoms with E-state index >= 15 is 0 Å². The number of hydrogen-bond acceptors (Lipinski definition) is 11. The summed E-state index contributed by atoms with van der Waals surface area (Å²) in [5.74, 6) is 0.132. The van der Waals surface area contributed by atoms with E-state index in [9.17, 15) is 14.5 Å². The maximum absolute atomic E-state index is 13.5. The number of fused-ring (bicyclic) bond motifs is 1. The number of anilines is 1. The number of benzene rings is 1. The van der Waals surface area contributed by atoms with Gasteiger partial charge in [-0.2, -0.15) is 4.98 Å². The first-order chi connectivity index (χ1) is 17.3. The Balaban J connectivity index is 1.41. The summed E-state index contributed by atoms with van der Waals surface area (Å²) in [6.45, 7) is 2.98. The van der Waals surface area contributed by atoms with Gasteiger partial charge in [-0.15, -0.1) is 0 Å². The van der Waals surface area contributed by atoms with Gasteiger partial charge >= 0.3 is 7.60 Å². The first kappa shape index (κ1) is 25.9. The molecular weight excluding hydrogens is 517 g/mol. The van der Waals surface area contributed by atoms with Gasteiger partial charge in [0.05, 0.1) is 19.5 Å². The second-order valence-electron chi connectivity index (χ2n) is 7.47. The third kappa shape index (κ3) is 6.32. The number of halogens is 1. The Hall–Kier alpha value is -3.19. The number of nitrogen functional groups attached to an aromatic ring is 1. The number of aliphatic hydroxyl groups is 1. The molecule has 15 heteroatoms. The molecule has 0 fully saturated rings. The molecule has 1 atom stereocenters. The number of aliphatic hydroxyl groups excluding tert-OH is 1. The predicted octanol–water partition coefficient (Wildman–Crippen LogP) is 2.48. The van der Waals surface area contributed by atoms with Crippen molar-refractivity contribution in [1.29, 1.82) is 0 Å². The lowest BCUT2D eigenvalue weighted by Crippen LogP contribution is -2.13. The number of imidazole rings is 1. The van der Waals surface area contributed by atoms with Crippen LogP contribution < -0.4 is 11.3 Å². The minimum Gasteiger partial charge on any atom is -0.425 e. The van der Waals surface area contributed by atoms with E-state index < -0.39 is 26.1 Å². The number of rotatable bonds is 12.